The van der Waals surface area contributed by atoms with E-state index in [4.69, 9.17) is 0 Å². The molecule has 2 aliphatic heterocycles. The molecule has 0 bridgehead atoms. The zero-order valence-electron chi connectivity index (χ0n) is 11.4. The molecule has 0 aromatic carbocycles. The first-order valence-corrected chi connectivity index (χ1v) is 8.18. The molecule has 1 fully saturated rings. The summed E-state index contributed by atoms with van der Waals surface area (Å²) in [6.07, 6.45) is 2.01. The van der Waals surface area contributed by atoms with E-state index < -0.39 is 10.8 Å². The highest BCUT2D eigenvalue weighted by Crippen LogP contribution is 2.37. The van der Waals surface area contributed by atoms with Crippen LogP contribution in [0.25, 0.3) is 0 Å². The quantitative estimate of drug-likeness (QED) is 0.813. The van der Waals surface area contributed by atoms with Crippen molar-refractivity contribution in [3.63, 3.8) is 0 Å². The van der Waals surface area contributed by atoms with E-state index >= 15 is 0 Å². The van der Waals surface area contributed by atoms with E-state index in [0.717, 1.165) is 37.1 Å². The first-order valence-electron chi connectivity index (χ1n) is 6.86. The highest BCUT2D eigenvalue weighted by molar-refractivity contribution is 7.85. The minimum atomic E-state index is -1.06. The van der Waals surface area contributed by atoms with Crippen LogP contribution in [-0.4, -0.2) is 28.0 Å². The fraction of sp³-hybridized carbons (Fsp3) is 0.643. The van der Waals surface area contributed by atoms with Crippen molar-refractivity contribution in [2.75, 3.05) is 18.8 Å². The molecular formula is C14H20N2O2S. The molecule has 1 aromatic heterocycles. The Labute approximate surface area is 115 Å². The Kier molecular flexibility index (Phi) is 3.14. The minimum absolute atomic E-state index is 0.0447. The van der Waals surface area contributed by atoms with Crippen molar-refractivity contribution >= 4 is 10.8 Å². The molecule has 1 aromatic rings. The Morgan fingerprint density at radius 2 is 2.00 bits per heavy atom. The second kappa shape index (κ2) is 4.56. The van der Waals surface area contributed by atoms with Crippen LogP contribution in [0.1, 0.15) is 43.7 Å². The van der Waals surface area contributed by atoms with Gasteiger partial charge in [-0.05, 0) is 43.5 Å². The van der Waals surface area contributed by atoms with Gasteiger partial charge in [-0.2, -0.15) is 0 Å². The van der Waals surface area contributed by atoms with Crippen molar-refractivity contribution in [1.29, 1.82) is 0 Å². The predicted molar refractivity (Wildman–Crippen MR) is 76.2 cm³/mol. The molecule has 0 aliphatic carbocycles. The fourth-order valence-electron chi connectivity index (χ4n) is 3.13. The lowest BCUT2D eigenvalue weighted by Crippen LogP contribution is -2.30. The number of H-pyrrole nitrogens is 1. The van der Waals surface area contributed by atoms with Gasteiger partial charge in [-0.25, -0.2) is 0 Å². The SMILES string of the molecule is CC1(C)CS(=O)c2[nH]c(=O)c(C3CCNCC3)cc21. The van der Waals surface area contributed by atoms with E-state index in [9.17, 15) is 9.00 Å². The summed E-state index contributed by atoms with van der Waals surface area (Å²) in [6.45, 7) is 6.13. The van der Waals surface area contributed by atoms with E-state index in [-0.39, 0.29) is 11.0 Å². The maximum Gasteiger partial charge on any atom is 0.252 e. The molecule has 3 heterocycles. The molecule has 2 aliphatic rings. The molecule has 2 N–H and O–H groups in total. The van der Waals surface area contributed by atoms with Crippen molar-refractivity contribution in [3.05, 3.63) is 27.5 Å². The molecule has 0 radical (unpaired) electrons. The highest BCUT2D eigenvalue weighted by Gasteiger charge is 2.37. The Morgan fingerprint density at radius 3 is 2.68 bits per heavy atom. The van der Waals surface area contributed by atoms with Crippen LogP contribution in [0.15, 0.2) is 15.9 Å². The fourth-order valence-corrected chi connectivity index (χ4v) is 4.87. The molecule has 0 saturated carbocycles. The summed E-state index contributed by atoms with van der Waals surface area (Å²) in [6, 6.07) is 2.02. The van der Waals surface area contributed by atoms with E-state index in [2.05, 4.69) is 24.1 Å². The van der Waals surface area contributed by atoms with E-state index in [1.54, 1.807) is 0 Å². The first-order chi connectivity index (χ1) is 8.99. The molecular weight excluding hydrogens is 260 g/mol. The second-order valence-corrected chi connectivity index (χ2v) is 7.58. The van der Waals surface area contributed by atoms with Crippen LogP contribution in [0, 0.1) is 0 Å². The van der Waals surface area contributed by atoms with Gasteiger partial charge in [0, 0.05) is 16.7 Å². The summed E-state index contributed by atoms with van der Waals surface area (Å²) >= 11 is 0. The van der Waals surface area contributed by atoms with Crippen molar-refractivity contribution in [3.8, 4) is 0 Å². The van der Waals surface area contributed by atoms with Crippen molar-refractivity contribution < 1.29 is 4.21 Å². The monoisotopic (exact) mass is 280 g/mol. The lowest BCUT2D eigenvalue weighted by molar-refractivity contribution is 0.455. The molecule has 3 rings (SSSR count). The zero-order valence-corrected chi connectivity index (χ0v) is 12.2. The summed E-state index contributed by atoms with van der Waals surface area (Å²) in [4.78, 5) is 15.1. The van der Waals surface area contributed by atoms with Gasteiger partial charge in [-0.15, -0.1) is 0 Å². The van der Waals surface area contributed by atoms with Crippen LogP contribution in [0.3, 0.4) is 0 Å². The third-order valence-electron chi connectivity index (χ3n) is 4.26. The summed E-state index contributed by atoms with van der Waals surface area (Å²) in [5.74, 6) is 0.939. The largest absolute Gasteiger partial charge is 0.317 e. The van der Waals surface area contributed by atoms with Crippen LogP contribution < -0.4 is 10.9 Å². The smallest absolute Gasteiger partial charge is 0.252 e. The molecule has 5 heteroatoms. The molecule has 0 amide bonds. The van der Waals surface area contributed by atoms with Crippen LogP contribution in [0.4, 0.5) is 0 Å². The van der Waals surface area contributed by atoms with Gasteiger partial charge in [0.2, 0.25) is 0 Å². The molecule has 0 spiro atoms. The standard InChI is InChI=1S/C14H20N2O2S/c1-14(2)8-19(18)13-11(14)7-10(12(17)16-13)9-3-5-15-6-4-9/h7,9,15H,3-6,8H2,1-2H3,(H,16,17). The summed E-state index contributed by atoms with van der Waals surface area (Å²) in [5, 5.41) is 3.96. The Hall–Kier alpha value is -0.940. The maximum absolute atomic E-state index is 12.2. The van der Waals surface area contributed by atoms with Crippen LogP contribution in [0.5, 0.6) is 0 Å². The first kappa shape index (κ1) is 13.1. The summed E-state index contributed by atoms with van der Waals surface area (Å²) < 4.78 is 12.1. The molecule has 104 valence electrons. The number of hydrogen-bond acceptors (Lipinski definition) is 3. The third kappa shape index (κ3) is 2.19. The Balaban J connectivity index is 2.08. The van der Waals surface area contributed by atoms with Gasteiger partial charge >= 0.3 is 0 Å². The normalized spacial score (nSPS) is 26.3. The van der Waals surface area contributed by atoms with Crippen LogP contribution in [0.2, 0.25) is 0 Å². The Morgan fingerprint density at radius 1 is 1.32 bits per heavy atom. The van der Waals surface area contributed by atoms with Crippen LogP contribution in [-0.2, 0) is 16.2 Å². The Bertz CT molecular complexity index is 586. The number of nitrogens with one attached hydrogen (secondary N) is 2. The number of hydrogen-bond donors (Lipinski definition) is 2. The van der Waals surface area contributed by atoms with Crippen molar-refractivity contribution in [2.24, 2.45) is 0 Å². The molecule has 19 heavy (non-hydrogen) atoms. The van der Waals surface area contributed by atoms with Gasteiger partial charge in [0.25, 0.3) is 5.56 Å². The second-order valence-electron chi connectivity index (χ2n) is 6.19. The van der Waals surface area contributed by atoms with E-state index in [1.165, 1.54) is 0 Å². The topological polar surface area (TPSA) is 62.0 Å². The number of fused-ring (bicyclic) bond motifs is 1. The van der Waals surface area contributed by atoms with Crippen LogP contribution >= 0.6 is 0 Å². The van der Waals surface area contributed by atoms with Gasteiger partial charge < -0.3 is 10.3 Å². The third-order valence-corrected chi connectivity index (χ3v) is 6.02. The van der Waals surface area contributed by atoms with Gasteiger partial charge in [0.05, 0.1) is 10.8 Å². The predicted octanol–water partition coefficient (Wildman–Crippen LogP) is 1.24. The highest BCUT2D eigenvalue weighted by atomic mass is 32.2. The lowest BCUT2D eigenvalue weighted by Gasteiger charge is -2.24. The van der Waals surface area contributed by atoms with Crippen molar-refractivity contribution in [2.45, 2.75) is 43.0 Å². The zero-order chi connectivity index (χ0) is 13.6. The number of aromatic amines is 1. The maximum atomic E-state index is 12.2. The van der Waals surface area contributed by atoms with Gasteiger partial charge in [-0.3, -0.25) is 9.00 Å². The number of piperidine rings is 1. The summed E-state index contributed by atoms with van der Waals surface area (Å²) in [5.41, 5.74) is 1.80. The van der Waals surface area contributed by atoms with E-state index in [1.807, 2.05) is 6.07 Å². The minimum Gasteiger partial charge on any atom is -0.317 e. The number of rotatable bonds is 1. The molecule has 4 nitrogen and oxygen atoms in total. The number of pyridine rings is 1. The summed E-state index contributed by atoms with van der Waals surface area (Å²) in [7, 11) is -1.06. The average molecular weight is 280 g/mol. The lowest BCUT2D eigenvalue weighted by atomic mass is 9.84. The van der Waals surface area contributed by atoms with Gasteiger partial charge in [0.15, 0.2) is 0 Å². The van der Waals surface area contributed by atoms with Gasteiger partial charge in [0.1, 0.15) is 5.03 Å². The van der Waals surface area contributed by atoms with Crippen molar-refractivity contribution in [1.82, 2.24) is 10.3 Å². The molecule has 1 atom stereocenters. The molecule has 1 unspecified atom stereocenters. The molecule has 1 saturated heterocycles. The average Bonchev–Trinajstić information content (AvgIpc) is 2.59. The van der Waals surface area contributed by atoms with Gasteiger partial charge in [-0.1, -0.05) is 13.8 Å². The van der Waals surface area contributed by atoms with E-state index in [0.29, 0.717) is 16.7 Å². The number of aromatic nitrogens is 1.